The van der Waals surface area contributed by atoms with Crippen molar-refractivity contribution in [2.45, 2.75) is 46.1 Å². The van der Waals surface area contributed by atoms with E-state index in [4.69, 9.17) is 30.9 Å². The Morgan fingerprint density at radius 1 is 0.889 bits per heavy atom. The predicted octanol–water partition coefficient (Wildman–Crippen LogP) is 6.61. The summed E-state index contributed by atoms with van der Waals surface area (Å²) in [5, 5.41) is 20.2. The molecule has 2 N–H and O–H groups in total. The Morgan fingerprint density at radius 3 is 2.17 bits per heavy atom. The molecule has 7 heteroatoms. The van der Waals surface area contributed by atoms with E-state index in [9.17, 15) is 9.90 Å². The van der Waals surface area contributed by atoms with Crippen LogP contribution >= 0.6 is 11.6 Å². The Bertz CT molecular complexity index is 1130. The molecule has 3 rings (SSSR count). The summed E-state index contributed by atoms with van der Waals surface area (Å²) in [5.74, 6) is 1.02. The highest BCUT2D eigenvalue weighted by molar-refractivity contribution is 6.30. The minimum atomic E-state index is -0.883. The van der Waals surface area contributed by atoms with E-state index in [1.807, 2.05) is 50.2 Å². The van der Waals surface area contributed by atoms with Crippen molar-refractivity contribution < 1.29 is 29.2 Å². The molecule has 6 nitrogen and oxygen atoms in total. The minimum Gasteiger partial charge on any atom is -0.493 e. The standard InChI is InChI=1S/C27H29ClO6.C2H6/c1-17(2)23-14-21(28)8-10-24(23)33-15-22(29)16-34-26-13-20(7-9-25(26)32-3)19-6-4-5-18(11-19)12-27(30)31;1-2/h4-11,13-14,17,22,29H,12,15-16H2,1-3H3,(H,30,31);1-2H3. The van der Waals surface area contributed by atoms with Gasteiger partial charge in [0.2, 0.25) is 0 Å². The molecule has 0 heterocycles. The highest BCUT2D eigenvalue weighted by Crippen LogP contribution is 2.33. The van der Waals surface area contributed by atoms with E-state index in [1.54, 1.807) is 31.4 Å². The summed E-state index contributed by atoms with van der Waals surface area (Å²) in [6.07, 6.45) is -0.922. The molecule has 0 fully saturated rings. The first-order valence-corrected chi connectivity index (χ1v) is 12.4. The fraction of sp³-hybridized carbons (Fsp3) is 0.345. The maximum Gasteiger partial charge on any atom is 0.307 e. The zero-order valence-electron chi connectivity index (χ0n) is 21.5. The topological polar surface area (TPSA) is 85.2 Å². The van der Waals surface area contributed by atoms with E-state index in [0.717, 1.165) is 16.7 Å². The Labute approximate surface area is 218 Å². The molecule has 3 aromatic carbocycles. The van der Waals surface area contributed by atoms with Gasteiger partial charge in [-0.2, -0.15) is 0 Å². The van der Waals surface area contributed by atoms with Crippen molar-refractivity contribution in [3.05, 3.63) is 76.8 Å². The van der Waals surface area contributed by atoms with Crippen LogP contribution in [-0.2, 0) is 11.2 Å². The van der Waals surface area contributed by atoms with E-state index in [0.29, 0.717) is 27.8 Å². The summed E-state index contributed by atoms with van der Waals surface area (Å²) < 4.78 is 17.1. The molecule has 0 saturated heterocycles. The van der Waals surface area contributed by atoms with Crippen LogP contribution in [-0.4, -0.2) is 42.6 Å². The third kappa shape index (κ3) is 8.47. The number of benzene rings is 3. The second-order valence-corrected chi connectivity index (χ2v) is 8.69. The van der Waals surface area contributed by atoms with E-state index in [1.165, 1.54) is 0 Å². The number of carboxylic acid groups (broad SMARTS) is 1. The highest BCUT2D eigenvalue weighted by atomic mass is 35.5. The number of hydrogen-bond acceptors (Lipinski definition) is 5. The molecule has 36 heavy (non-hydrogen) atoms. The zero-order chi connectivity index (χ0) is 26.7. The number of hydrogen-bond donors (Lipinski definition) is 2. The number of aliphatic hydroxyl groups excluding tert-OH is 1. The summed E-state index contributed by atoms with van der Waals surface area (Å²) in [6, 6.07) is 18.2. The van der Waals surface area contributed by atoms with Gasteiger partial charge < -0.3 is 24.4 Å². The van der Waals surface area contributed by atoms with Crippen molar-refractivity contribution in [1.29, 1.82) is 0 Å². The van der Waals surface area contributed by atoms with Gasteiger partial charge in [0.15, 0.2) is 11.5 Å². The van der Waals surface area contributed by atoms with Crippen LogP contribution in [0.4, 0.5) is 0 Å². The van der Waals surface area contributed by atoms with Crippen LogP contribution in [0.25, 0.3) is 11.1 Å². The third-order valence-corrected chi connectivity index (χ3v) is 5.47. The number of aliphatic carboxylic acids is 1. The summed E-state index contributed by atoms with van der Waals surface area (Å²) in [6.45, 7) is 8.16. The van der Waals surface area contributed by atoms with Crippen molar-refractivity contribution in [3.63, 3.8) is 0 Å². The fourth-order valence-electron chi connectivity index (χ4n) is 3.53. The van der Waals surface area contributed by atoms with Crippen LogP contribution < -0.4 is 14.2 Å². The van der Waals surface area contributed by atoms with Crippen LogP contribution in [0.3, 0.4) is 0 Å². The van der Waals surface area contributed by atoms with Crippen LogP contribution in [0.15, 0.2) is 60.7 Å². The number of ether oxygens (including phenoxy) is 3. The molecule has 0 bridgehead atoms. The first-order valence-electron chi connectivity index (χ1n) is 12.0. The van der Waals surface area contributed by atoms with Gasteiger partial charge in [0.1, 0.15) is 25.1 Å². The SMILES string of the molecule is CC.COc1ccc(-c2cccc(CC(=O)O)c2)cc1OCC(O)COc1ccc(Cl)cc1C(C)C. The number of halogens is 1. The van der Waals surface area contributed by atoms with E-state index < -0.39 is 12.1 Å². The van der Waals surface area contributed by atoms with Gasteiger partial charge in [0, 0.05) is 5.02 Å². The number of carbonyl (C=O) groups is 1. The Hall–Kier alpha value is -3.22. The quantitative estimate of drug-likeness (QED) is 0.299. The molecule has 194 valence electrons. The first-order chi connectivity index (χ1) is 17.3. The zero-order valence-corrected chi connectivity index (χ0v) is 22.2. The van der Waals surface area contributed by atoms with E-state index >= 15 is 0 Å². The van der Waals surface area contributed by atoms with E-state index in [2.05, 4.69) is 13.8 Å². The maximum atomic E-state index is 11.0. The van der Waals surface area contributed by atoms with E-state index in [-0.39, 0.29) is 25.6 Å². The fourth-order valence-corrected chi connectivity index (χ4v) is 3.71. The third-order valence-electron chi connectivity index (χ3n) is 5.24. The molecule has 0 aliphatic carbocycles. The Morgan fingerprint density at radius 2 is 1.53 bits per heavy atom. The van der Waals surface area contributed by atoms with Crippen molar-refractivity contribution >= 4 is 17.6 Å². The molecule has 1 unspecified atom stereocenters. The lowest BCUT2D eigenvalue weighted by atomic mass is 10.0. The van der Waals surface area contributed by atoms with Crippen LogP contribution in [0.1, 0.15) is 44.7 Å². The molecule has 1 atom stereocenters. The van der Waals surface area contributed by atoms with Crippen LogP contribution in [0.2, 0.25) is 5.02 Å². The molecule has 0 spiro atoms. The largest absolute Gasteiger partial charge is 0.493 e. The molecule has 0 amide bonds. The lowest BCUT2D eigenvalue weighted by Gasteiger charge is -2.18. The molecule has 0 aliphatic rings. The van der Waals surface area contributed by atoms with Crippen molar-refractivity contribution in [2.75, 3.05) is 20.3 Å². The summed E-state index contributed by atoms with van der Waals surface area (Å²) in [7, 11) is 1.54. The van der Waals surface area contributed by atoms with Crippen molar-refractivity contribution in [3.8, 4) is 28.4 Å². The van der Waals surface area contributed by atoms with Gasteiger partial charge in [-0.15, -0.1) is 0 Å². The number of aliphatic hydroxyl groups is 1. The Kier molecular flexibility index (Phi) is 11.6. The van der Waals surface area contributed by atoms with Gasteiger partial charge in [-0.3, -0.25) is 4.79 Å². The number of rotatable bonds is 11. The van der Waals surface area contributed by atoms with Gasteiger partial charge in [0.05, 0.1) is 13.5 Å². The Balaban J connectivity index is 0.00000222. The number of methoxy groups -OCH3 is 1. The molecule has 0 aromatic heterocycles. The average Bonchev–Trinajstić information content (AvgIpc) is 2.87. The van der Waals surface area contributed by atoms with Crippen LogP contribution in [0.5, 0.6) is 17.2 Å². The van der Waals surface area contributed by atoms with Crippen LogP contribution in [0, 0.1) is 0 Å². The molecular weight excluding hydrogens is 480 g/mol. The van der Waals surface area contributed by atoms with Gasteiger partial charge in [-0.25, -0.2) is 0 Å². The maximum absolute atomic E-state index is 11.0. The highest BCUT2D eigenvalue weighted by Gasteiger charge is 2.14. The summed E-state index contributed by atoms with van der Waals surface area (Å²) >= 11 is 6.09. The second-order valence-electron chi connectivity index (χ2n) is 8.25. The second kappa shape index (κ2) is 14.4. The normalized spacial score (nSPS) is 11.3. The van der Waals surface area contributed by atoms with Gasteiger partial charge in [-0.05, 0) is 58.5 Å². The molecule has 0 aliphatic heterocycles. The lowest BCUT2D eigenvalue weighted by Crippen LogP contribution is -2.25. The number of carboxylic acids is 1. The smallest absolute Gasteiger partial charge is 0.307 e. The van der Waals surface area contributed by atoms with Gasteiger partial charge >= 0.3 is 5.97 Å². The average molecular weight is 515 g/mol. The molecule has 3 aromatic rings. The van der Waals surface area contributed by atoms with Gasteiger partial charge in [-0.1, -0.05) is 69.6 Å². The van der Waals surface area contributed by atoms with Crippen molar-refractivity contribution in [2.24, 2.45) is 0 Å². The molecule has 0 saturated carbocycles. The first kappa shape index (κ1) is 29.0. The summed E-state index contributed by atoms with van der Waals surface area (Å²) in [4.78, 5) is 11.0. The van der Waals surface area contributed by atoms with Gasteiger partial charge in [0.25, 0.3) is 0 Å². The lowest BCUT2D eigenvalue weighted by molar-refractivity contribution is -0.136. The molecule has 0 radical (unpaired) electrons. The monoisotopic (exact) mass is 514 g/mol. The summed E-state index contributed by atoms with van der Waals surface area (Å²) in [5.41, 5.74) is 3.38. The van der Waals surface area contributed by atoms with Crippen molar-refractivity contribution in [1.82, 2.24) is 0 Å². The minimum absolute atomic E-state index is 0.00344. The predicted molar refractivity (Wildman–Crippen MR) is 144 cm³/mol. The molecular formula is C29H35ClO6.